The predicted molar refractivity (Wildman–Crippen MR) is 96.8 cm³/mol. The number of carbonyl (C=O) groups excluding carboxylic acids is 1. The van der Waals surface area contributed by atoms with Crippen LogP contribution in [0.15, 0.2) is 48.5 Å². The quantitative estimate of drug-likeness (QED) is 0.639. The van der Waals surface area contributed by atoms with Gasteiger partial charge in [0.2, 0.25) is 0 Å². The van der Waals surface area contributed by atoms with Crippen LogP contribution in [-0.4, -0.2) is 24.6 Å². The minimum absolute atomic E-state index is 0.423. The summed E-state index contributed by atoms with van der Waals surface area (Å²) in [5.41, 5.74) is 2.94. The van der Waals surface area contributed by atoms with Crippen molar-refractivity contribution in [2.24, 2.45) is 0 Å². The zero-order chi connectivity index (χ0) is 17.4. The van der Waals surface area contributed by atoms with Gasteiger partial charge in [0.1, 0.15) is 6.29 Å². The molecule has 1 heterocycles. The minimum Gasteiger partial charge on any atom is -0.399 e. The molecule has 0 bridgehead atoms. The molecule has 1 aliphatic heterocycles. The molecule has 0 N–H and O–H groups in total. The van der Waals surface area contributed by atoms with E-state index >= 15 is 0 Å². The molecule has 1 fully saturated rings. The molecule has 1 aliphatic rings. The van der Waals surface area contributed by atoms with Crippen LogP contribution >= 0.6 is 0 Å². The van der Waals surface area contributed by atoms with Crippen molar-refractivity contribution in [1.82, 2.24) is 0 Å². The van der Waals surface area contributed by atoms with Gasteiger partial charge in [0.25, 0.3) is 0 Å². The van der Waals surface area contributed by atoms with Crippen molar-refractivity contribution in [3.63, 3.8) is 0 Å². The Morgan fingerprint density at radius 3 is 2.12 bits per heavy atom. The van der Waals surface area contributed by atoms with E-state index in [9.17, 15) is 4.79 Å². The second-order valence-corrected chi connectivity index (χ2v) is 7.33. The van der Waals surface area contributed by atoms with Crippen LogP contribution in [0.3, 0.4) is 0 Å². The Labute approximate surface area is 144 Å². The maximum absolute atomic E-state index is 11.5. The predicted octanol–water partition coefficient (Wildman–Crippen LogP) is 3.39. The lowest BCUT2D eigenvalue weighted by atomic mass is 9.75. The smallest absolute Gasteiger partial charge is 0.399 e. The molecule has 0 saturated carbocycles. The van der Waals surface area contributed by atoms with Crippen LogP contribution in [0, 0.1) is 0 Å². The summed E-state index contributed by atoms with van der Waals surface area (Å²) in [6.07, 6.45) is 1.68. The van der Waals surface area contributed by atoms with Gasteiger partial charge in [-0.25, -0.2) is 0 Å². The number of hydrogen-bond acceptors (Lipinski definition) is 3. The molecule has 0 amide bonds. The summed E-state index contributed by atoms with van der Waals surface area (Å²) < 4.78 is 12.2. The summed E-state index contributed by atoms with van der Waals surface area (Å²) in [5, 5.41) is 0. The van der Waals surface area contributed by atoms with Crippen molar-refractivity contribution < 1.29 is 14.1 Å². The Morgan fingerprint density at radius 2 is 1.54 bits per heavy atom. The molecule has 4 heteroatoms. The number of aldehydes is 1. The van der Waals surface area contributed by atoms with E-state index in [4.69, 9.17) is 9.31 Å². The summed E-state index contributed by atoms with van der Waals surface area (Å²) in [7, 11) is -0.522. The fourth-order valence-corrected chi connectivity index (χ4v) is 2.85. The van der Waals surface area contributed by atoms with Crippen molar-refractivity contribution in [2.45, 2.75) is 45.3 Å². The lowest BCUT2D eigenvalue weighted by molar-refractivity contribution is 0.00578. The fraction of sp³-hybridized carbons (Fsp3) is 0.350. The number of hydrogen-bond donors (Lipinski definition) is 0. The minimum atomic E-state index is -0.522. The highest BCUT2D eigenvalue weighted by Crippen LogP contribution is 2.36. The first-order valence-corrected chi connectivity index (χ1v) is 8.30. The van der Waals surface area contributed by atoms with Gasteiger partial charge in [0, 0.05) is 5.56 Å². The van der Waals surface area contributed by atoms with E-state index in [1.54, 1.807) is 0 Å². The molecule has 0 atom stereocenters. The maximum Gasteiger partial charge on any atom is 0.495 e. The Kier molecular flexibility index (Phi) is 4.37. The Bertz CT molecular complexity index is 722. The van der Waals surface area contributed by atoms with Gasteiger partial charge in [0.15, 0.2) is 0 Å². The molecule has 124 valence electrons. The summed E-state index contributed by atoms with van der Waals surface area (Å²) in [6.45, 7) is 8.06. The highest BCUT2D eigenvalue weighted by molar-refractivity contribution is 6.63. The SMILES string of the molecule is CC1(C)OB(c2cc(Cc3ccccc3)ccc2C=O)OC1(C)C. The standard InChI is InChI=1S/C20H23BO3/c1-19(2)20(3,4)24-21(23-19)18-13-16(10-11-17(18)14-22)12-15-8-6-5-7-9-15/h5-11,13-14H,12H2,1-4H3. The highest BCUT2D eigenvalue weighted by atomic mass is 16.7. The molecule has 0 aromatic heterocycles. The van der Waals surface area contributed by atoms with Crippen molar-refractivity contribution >= 4 is 18.9 Å². The molecule has 0 spiro atoms. The van der Waals surface area contributed by atoms with Crippen LogP contribution in [0.1, 0.15) is 49.2 Å². The molecule has 0 unspecified atom stereocenters. The van der Waals surface area contributed by atoms with Gasteiger partial charge in [-0.05, 0) is 50.7 Å². The zero-order valence-electron chi connectivity index (χ0n) is 14.7. The topological polar surface area (TPSA) is 35.5 Å². The number of carbonyl (C=O) groups is 1. The lowest BCUT2D eigenvalue weighted by Gasteiger charge is -2.32. The lowest BCUT2D eigenvalue weighted by Crippen LogP contribution is -2.41. The molecule has 2 aromatic carbocycles. The van der Waals surface area contributed by atoms with Gasteiger partial charge < -0.3 is 9.31 Å². The van der Waals surface area contributed by atoms with Gasteiger partial charge in [0.05, 0.1) is 11.2 Å². The van der Waals surface area contributed by atoms with Crippen LogP contribution < -0.4 is 5.46 Å². The molecule has 1 saturated heterocycles. The Morgan fingerprint density at radius 1 is 0.917 bits per heavy atom. The first-order valence-electron chi connectivity index (χ1n) is 8.30. The fourth-order valence-electron chi connectivity index (χ4n) is 2.85. The summed E-state index contributed by atoms with van der Waals surface area (Å²) in [4.78, 5) is 11.5. The van der Waals surface area contributed by atoms with Crippen molar-refractivity contribution in [2.75, 3.05) is 0 Å². The van der Waals surface area contributed by atoms with Crippen molar-refractivity contribution in [3.05, 3.63) is 65.2 Å². The highest BCUT2D eigenvalue weighted by Gasteiger charge is 2.52. The van der Waals surface area contributed by atoms with Gasteiger partial charge >= 0.3 is 7.12 Å². The van der Waals surface area contributed by atoms with Crippen molar-refractivity contribution in [3.8, 4) is 0 Å². The van der Waals surface area contributed by atoms with Crippen LogP contribution in [0.4, 0.5) is 0 Å². The van der Waals surface area contributed by atoms with Crippen LogP contribution in [0.25, 0.3) is 0 Å². The molecule has 0 radical (unpaired) electrons. The van der Waals surface area contributed by atoms with Crippen LogP contribution in [-0.2, 0) is 15.7 Å². The third-order valence-corrected chi connectivity index (χ3v) is 5.04. The van der Waals surface area contributed by atoms with E-state index in [1.807, 2.05) is 64.1 Å². The second-order valence-electron chi connectivity index (χ2n) is 7.33. The Hall–Kier alpha value is -1.91. The average Bonchev–Trinajstić information content (AvgIpc) is 2.76. The molecular weight excluding hydrogens is 299 g/mol. The molecule has 3 nitrogen and oxygen atoms in total. The maximum atomic E-state index is 11.5. The van der Waals surface area contributed by atoms with E-state index in [0.29, 0.717) is 5.56 Å². The zero-order valence-corrected chi connectivity index (χ0v) is 14.7. The molecular formula is C20H23BO3. The normalized spacial score (nSPS) is 18.6. The van der Waals surface area contributed by atoms with E-state index < -0.39 is 18.3 Å². The Balaban J connectivity index is 1.92. The summed E-state index contributed by atoms with van der Waals surface area (Å²) in [6, 6.07) is 16.1. The van der Waals surface area contributed by atoms with Gasteiger partial charge in [-0.2, -0.15) is 0 Å². The average molecular weight is 322 g/mol. The monoisotopic (exact) mass is 322 g/mol. The van der Waals surface area contributed by atoms with E-state index in [-0.39, 0.29) is 0 Å². The van der Waals surface area contributed by atoms with Crippen LogP contribution in [0.2, 0.25) is 0 Å². The van der Waals surface area contributed by atoms with E-state index in [1.165, 1.54) is 5.56 Å². The third-order valence-electron chi connectivity index (χ3n) is 5.04. The molecule has 3 rings (SSSR count). The first kappa shape index (κ1) is 16.9. The largest absolute Gasteiger partial charge is 0.495 e. The third kappa shape index (κ3) is 3.17. The summed E-state index contributed by atoms with van der Waals surface area (Å²) >= 11 is 0. The summed E-state index contributed by atoms with van der Waals surface area (Å²) in [5.74, 6) is 0. The van der Waals surface area contributed by atoms with Gasteiger partial charge in [-0.15, -0.1) is 0 Å². The molecule has 2 aromatic rings. The first-order chi connectivity index (χ1) is 11.3. The second kappa shape index (κ2) is 6.19. The molecule has 0 aliphatic carbocycles. The number of rotatable bonds is 4. The van der Waals surface area contributed by atoms with Gasteiger partial charge in [-0.3, -0.25) is 4.79 Å². The van der Waals surface area contributed by atoms with Gasteiger partial charge in [-0.1, -0.05) is 48.5 Å². The number of benzene rings is 2. The van der Waals surface area contributed by atoms with Crippen LogP contribution in [0.5, 0.6) is 0 Å². The van der Waals surface area contributed by atoms with Crippen molar-refractivity contribution in [1.29, 1.82) is 0 Å². The van der Waals surface area contributed by atoms with E-state index in [2.05, 4.69) is 12.1 Å². The molecule has 24 heavy (non-hydrogen) atoms. The van der Waals surface area contributed by atoms with E-state index in [0.717, 1.165) is 23.7 Å².